The van der Waals surface area contributed by atoms with Crippen molar-refractivity contribution in [3.63, 3.8) is 0 Å². The van der Waals surface area contributed by atoms with Crippen LogP contribution in [-0.2, 0) is 11.2 Å². The molecule has 0 aliphatic carbocycles. The number of likely N-dealkylation sites (N-methyl/N-ethyl adjacent to an activating group) is 1. The van der Waals surface area contributed by atoms with Crippen LogP contribution in [0.3, 0.4) is 0 Å². The van der Waals surface area contributed by atoms with Crippen molar-refractivity contribution in [2.24, 2.45) is 0 Å². The van der Waals surface area contributed by atoms with Gasteiger partial charge in [0.2, 0.25) is 5.91 Å². The summed E-state index contributed by atoms with van der Waals surface area (Å²) < 4.78 is 10.6. The predicted octanol–water partition coefficient (Wildman–Crippen LogP) is 4.17. The van der Waals surface area contributed by atoms with Gasteiger partial charge in [0.05, 0.1) is 14.2 Å². The molecular weight excluding hydrogens is 364 g/mol. The normalized spacial score (nSPS) is 10.7. The van der Waals surface area contributed by atoms with E-state index in [0.29, 0.717) is 18.0 Å². The number of nitrogens with one attached hydrogen (secondary N) is 1. The van der Waals surface area contributed by atoms with Crippen LogP contribution in [0.5, 0.6) is 11.5 Å². The number of hydrogen-bond acceptors (Lipinski definition) is 4. The lowest BCUT2D eigenvalue weighted by molar-refractivity contribution is -0.116. The van der Waals surface area contributed by atoms with Gasteiger partial charge >= 0.3 is 0 Å². The Labute approximate surface area is 166 Å². The Morgan fingerprint density at radius 2 is 1.85 bits per heavy atom. The molecule has 0 saturated carbocycles. The molecule has 0 radical (unpaired) electrons. The lowest BCUT2D eigenvalue weighted by atomic mass is 10.1. The van der Waals surface area contributed by atoms with Gasteiger partial charge in [-0.05, 0) is 55.8 Å². The number of anilines is 1. The van der Waals surface area contributed by atoms with Crippen molar-refractivity contribution in [2.75, 3.05) is 39.7 Å². The number of carbonyl (C=O) groups excluding carboxylic acids is 1. The fraction of sp³-hybridized carbons (Fsp3) is 0.381. The number of halogens is 1. The number of rotatable bonds is 9. The highest BCUT2D eigenvalue weighted by molar-refractivity contribution is 6.31. The van der Waals surface area contributed by atoms with E-state index in [4.69, 9.17) is 21.1 Å². The van der Waals surface area contributed by atoms with Crippen LogP contribution >= 0.6 is 11.6 Å². The summed E-state index contributed by atoms with van der Waals surface area (Å²) in [4.78, 5) is 14.3. The van der Waals surface area contributed by atoms with Crippen LogP contribution in [0.1, 0.15) is 17.5 Å². The Morgan fingerprint density at radius 1 is 1.11 bits per heavy atom. The molecule has 0 aliphatic rings. The van der Waals surface area contributed by atoms with Gasteiger partial charge in [0.1, 0.15) is 0 Å². The average Bonchev–Trinajstić information content (AvgIpc) is 2.68. The molecule has 0 bridgehead atoms. The number of amides is 1. The first-order valence-corrected chi connectivity index (χ1v) is 9.26. The number of carbonyl (C=O) groups is 1. The van der Waals surface area contributed by atoms with E-state index in [0.717, 1.165) is 35.7 Å². The molecule has 2 aromatic carbocycles. The second-order valence-corrected chi connectivity index (χ2v) is 6.86. The minimum atomic E-state index is -0.0154. The molecule has 1 N–H and O–H groups in total. The Kier molecular flexibility index (Phi) is 7.95. The number of hydrogen-bond donors (Lipinski definition) is 1. The van der Waals surface area contributed by atoms with E-state index in [9.17, 15) is 4.79 Å². The van der Waals surface area contributed by atoms with Crippen LogP contribution in [0.25, 0.3) is 0 Å². The number of nitrogens with zero attached hydrogens (tertiary/aromatic N) is 1. The standard InChI is InChI=1S/C21H27ClN2O3/c1-15-17(22)6-5-7-18(15)23-21(25)11-13-24(2)12-10-16-8-9-19(26-3)20(14-16)27-4/h5-9,14H,10-13H2,1-4H3,(H,23,25). The minimum Gasteiger partial charge on any atom is -0.493 e. The predicted molar refractivity (Wildman–Crippen MR) is 110 cm³/mol. The zero-order valence-corrected chi connectivity index (χ0v) is 17.1. The molecule has 0 heterocycles. The van der Waals surface area contributed by atoms with Gasteiger partial charge in [-0.1, -0.05) is 23.7 Å². The van der Waals surface area contributed by atoms with Gasteiger partial charge in [-0.25, -0.2) is 0 Å². The van der Waals surface area contributed by atoms with Crippen molar-refractivity contribution < 1.29 is 14.3 Å². The quantitative estimate of drug-likeness (QED) is 0.698. The number of methoxy groups -OCH3 is 2. The smallest absolute Gasteiger partial charge is 0.225 e. The van der Waals surface area contributed by atoms with E-state index in [1.165, 1.54) is 5.56 Å². The van der Waals surface area contributed by atoms with E-state index < -0.39 is 0 Å². The monoisotopic (exact) mass is 390 g/mol. The summed E-state index contributed by atoms with van der Waals surface area (Å²) in [6, 6.07) is 11.4. The third-order valence-electron chi connectivity index (χ3n) is 4.49. The zero-order valence-electron chi connectivity index (χ0n) is 16.3. The van der Waals surface area contributed by atoms with Crippen molar-refractivity contribution in [3.8, 4) is 11.5 Å². The summed E-state index contributed by atoms with van der Waals surface area (Å²) in [5.74, 6) is 1.44. The van der Waals surface area contributed by atoms with E-state index >= 15 is 0 Å². The van der Waals surface area contributed by atoms with Gasteiger partial charge in [-0.3, -0.25) is 4.79 Å². The van der Waals surface area contributed by atoms with Crippen LogP contribution in [0, 0.1) is 6.92 Å². The molecule has 2 aromatic rings. The van der Waals surface area contributed by atoms with Gasteiger partial charge in [0.25, 0.3) is 0 Å². The molecule has 0 unspecified atom stereocenters. The maximum absolute atomic E-state index is 12.2. The Bertz CT molecular complexity index is 780. The van der Waals surface area contributed by atoms with Crippen molar-refractivity contribution in [3.05, 3.63) is 52.5 Å². The summed E-state index contributed by atoms with van der Waals surface area (Å²) in [5, 5.41) is 3.58. The lowest BCUT2D eigenvalue weighted by Crippen LogP contribution is -2.26. The van der Waals surface area contributed by atoms with Crippen LogP contribution in [0.4, 0.5) is 5.69 Å². The Morgan fingerprint density at radius 3 is 2.56 bits per heavy atom. The third-order valence-corrected chi connectivity index (χ3v) is 4.90. The molecule has 0 fully saturated rings. The molecular formula is C21H27ClN2O3. The topological polar surface area (TPSA) is 50.8 Å². The molecule has 0 saturated heterocycles. The zero-order chi connectivity index (χ0) is 19.8. The Hall–Kier alpha value is -2.24. The van der Waals surface area contributed by atoms with E-state index in [2.05, 4.69) is 10.2 Å². The second kappa shape index (κ2) is 10.2. The maximum Gasteiger partial charge on any atom is 0.225 e. The molecule has 2 rings (SSSR count). The molecule has 0 aromatic heterocycles. The second-order valence-electron chi connectivity index (χ2n) is 6.45. The first-order chi connectivity index (χ1) is 12.9. The van der Waals surface area contributed by atoms with Gasteiger partial charge < -0.3 is 19.7 Å². The van der Waals surface area contributed by atoms with Crippen molar-refractivity contribution in [2.45, 2.75) is 19.8 Å². The molecule has 146 valence electrons. The summed E-state index contributed by atoms with van der Waals surface area (Å²) in [6.07, 6.45) is 1.29. The van der Waals surface area contributed by atoms with Crippen LogP contribution in [-0.4, -0.2) is 45.2 Å². The maximum atomic E-state index is 12.2. The highest BCUT2D eigenvalue weighted by Gasteiger charge is 2.09. The minimum absolute atomic E-state index is 0.0154. The summed E-state index contributed by atoms with van der Waals surface area (Å²) >= 11 is 6.09. The van der Waals surface area contributed by atoms with E-state index in [1.807, 2.05) is 50.4 Å². The van der Waals surface area contributed by atoms with Crippen LogP contribution < -0.4 is 14.8 Å². The summed E-state index contributed by atoms with van der Waals surface area (Å²) in [7, 11) is 5.27. The van der Waals surface area contributed by atoms with Gasteiger partial charge in [0, 0.05) is 30.2 Å². The van der Waals surface area contributed by atoms with Crippen molar-refractivity contribution in [1.82, 2.24) is 4.90 Å². The number of ether oxygens (including phenoxy) is 2. The van der Waals surface area contributed by atoms with E-state index in [-0.39, 0.29) is 5.91 Å². The number of benzene rings is 2. The van der Waals surface area contributed by atoms with Gasteiger partial charge in [-0.15, -0.1) is 0 Å². The highest BCUT2D eigenvalue weighted by atomic mass is 35.5. The van der Waals surface area contributed by atoms with Gasteiger partial charge in [-0.2, -0.15) is 0 Å². The fourth-order valence-electron chi connectivity index (χ4n) is 2.72. The molecule has 27 heavy (non-hydrogen) atoms. The summed E-state index contributed by atoms with van der Waals surface area (Å²) in [6.45, 7) is 3.42. The summed E-state index contributed by atoms with van der Waals surface area (Å²) in [5.41, 5.74) is 2.81. The SMILES string of the molecule is COc1ccc(CCN(C)CCC(=O)Nc2cccc(Cl)c2C)cc1OC. The third kappa shape index (κ3) is 6.15. The largest absolute Gasteiger partial charge is 0.493 e. The molecule has 0 atom stereocenters. The molecule has 0 spiro atoms. The first kappa shape index (κ1) is 21.1. The molecule has 6 heteroatoms. The first-order valence-electron chi connectivity index (χ1n) is 8.89. The van der Waals surface area contributed by atoms with Gasteiger partial charge in [0.15, 0.2) is 11.5 Å². The molecule has 5 nitrogen and oxygen atoms in total. The molecule has 0 aliphatic heterocycles. The Balaban J connectivity index is 1.79. The van der Waals surface area contributed by atoms with E-state index in [1.54, 1.807) is 14.2 Å². The van der Waals surface area contributed by atoms with Crippen molar-refractivity contribution >= 4 is 23.2 Å². The highest BCUT2D eigenvalue weighted by Crippen LogP contribution is 2.27. The fourth-order valence-corrected chi connectivity index (χ4v) is 2.89. The molecule has 1 amide bonds. The average molecular weight is 391 g/mol. The van der Waals surface area contributed by atoms with Crippen LogP contribution in [0.2, 0.25) is 5.02 Å². The lowest BCUT2D eigenvalue weighted by Gasteiger charge is -2.17. The van der Waals surface area contributed by atoms with Crippen molar-refractivity contribution in [1.29, 1.82) is 0 Å². The van der Waals surface area contributed by atoms with Crippen LogP contribution in [0.15, 0.2) is 36.4 Å².